The van der Waals surface area contributed by atoms with Crippen LogP contribution < -0.4 is 4.74 Å². The molecule has 188 valence electrons. The molecule has 1 aliphatic carbocycles. The van der Waals surface area contributed by atoms with Gasteiger partial charge in [-0.3, -0.25) is 0 Å². The number of carboxylic acid groups (broad SMARTS) is 1. The number of benzene rings is 3. The van der Waals surface area contributed by atoms with E-state index in [1.807, 2.05) is 18.2 Å². The van der Waals surface area contributed by atoms with Gasteiger partial charge < -0.3 is 14.4 Å². The van der Waals surface area contributed by atoms with Crippen molar-refractivity contribution in [1.82, 2.24) is 5.16 Å². The lowest BCUT2D eigenvalue weighted by Gasteiger charge is -2.22. The minimum Gasteiger partial charge on any atom is -0.481 e. The fourth-order valence-corrected chi connectivity index (χ4v) is 4.95. The zero-order valence-corrected chi connectivity index (χ0v) is 21.8. The van der Waals surface area contributed by atoms with Crippen molar-refractivity contribution in [3.8, 4) is 23.7 Å². The maximum absolute atomic E-state index is 11.3. The zero-order valence-electron chi connectivity index (χ0n) is 19.5. The minimum absolute atomic E-state index is 0.0222. The summed E-state index contributed by atoms with van der Waals surface area (Å²) >= 11 is 19.9. The Bertz CT molecular complexity index is 1650. The fraction of sp³-hybridized carbons (Fsp3) is 0.138. The molecule has 0 bridgehead atoms. The van der Waals surface area contributed by atoms with Crippen LogP contribution in [0.2, 0.25) is 15.1 Å². The van der Waals surface area contributed by atoms with Crippen molar-refractivity contribution in [3.63, 3.8) is 0 Å². The van der Waals surface area contributed by atoms with Gasteiger partial charge in [-0.25, -0.2) is 4.79 Å². The highest BCUT2D eigenvalue weighted by atomic mass is 35.5. The van der Waals surface area contributed by atoms with Crippen molar-refractivity contribution in [1.29, 1.82) is 5.26 Å². The van der Waals surface area contributed by atoms with Crippen molar-refractivity contribution in [2.24, 2.45) is 0 Å². The molecule has 3 aromatic carbocycles. The van der Waals surface area contributed by atoms with Gasteiger partial charge in [0.1, 0.15) is 12.0 Å². The number of hydrogen-bond donors (Lipinski definition) is 1. The van der Waals surface area contributed by atoms with Crippen LogP contribution in [0, 0.1) is 23.2 Å². The third-order valence-electron chi connectivity index (χ3n) is 6.04. The lowest BCUT2D eigenvalue weighted by Crippen LogP contribution is -2.11. The number of carboxylic acids is 1. The van der Waals surface area contributed by atoms with Crippen LogP contribution in [-0.4, -0.2) is 16.2 Å². The molecule has 0 amide bonds. The first kappa shape index (κ1) is 25.7. The van der Waals surface area contributed by atoms with Crippen molar-refractivity contribution < 1.29 is 19.2 Å². The number of aromatic carboxylic acids is 1. The molecule has 1 aromatic heterocycles. The average Bonchev–Trinajstić information content (AvgIpc) is 3.59. The van der Waals surface area contributed by atoms with E-state index in [0.717, 1.165) is 18.4 Å². The standard InChI is InChI=1S/C29H17Cl3N2O4/c30-24-8-7-23(18-3-4-18)27(32)26(24)28(21-14-34-37-15-21)38-22-6-5-19(25(31)12-22)2-1-16-9-17(13-33)11-20(10-16)29(35)36/h5-12,14-15,18,28H,3-4H2,(H,35,36). The molecule has 0 aliphatic heterocycles. The summed E-state index contributed by atoms with van der Waals surface area (Å²) in [7, 11) is 0. The fourth-order valence-electron chi connectivity index (χ4n) is 4.01. The van der Waals surface area contributed by atoms with Crippen molar-refractivity contribution >= 4 is 40.8 Å². The lowest BCUT2D eigenvalue weighted by atomic mass is 9.99. The molecule has 5 rings (SSSR count). The van der Waals surface area contributed by atoms with Gasteiger partial charge in [0.15, 0.2) is 6.10 Å². The molecule has 1 unspecified atom stereocenters. The third kappa shape index (κ3) is 5.49. The normalized spacial score (nSPS) is 13.2. The van der Waals surface area contributed by atoms with Gasteiger partial charge in [-0.2, -0.15) is 5.26 Å². The number of aromatic nitrogens is 1. The van der Waals surface area contributed by atoms with Gasteiger partial charge in [-0.05, 0) is 60.7 Å². The SMILES string of the molecule is N#Cc1cc(C#Cc2ccc(OC(c3cnoc3)c3c(Cl)ccc(C4CC4)c3Cl)cc2Cl)cc(C(=O)O)c1. The molecular weight excluding hydrogens is 547 g/mol. The van der Waals surface area contributed by atoms with E-state index in [-0.39, 0.29) is 11.1 Å². The number of rotatable bonds is 6. The third-order valence-corrected chi connectivity index (χ3v) is 7.10. The second kappa shape index (κ2) is 10.8. The van der Waals surface area contributed by atoms with Crippen LogP contribution in [0.1, 0.15) is 68.6 Å². The van der Waals surface area contributed by atoms with Crippen LogP contribution in [0.4, 0.5) is 0 Å². The summed E-state index contributed by atoms with van der Waals surface area (Å²) in [5, 5.41) is 23.6. The molecular formula is C29H17Cl3N2O4. The first-order chi connectivity index (χ1) is 18.3. The summed E-state index contributed by atoms with van der Waals surface area (Å²) in [4.78, 5) is 11.3. The summed E-state index contributed by atoms with van der Waals surface area (Å²) in [6.07, 6.45) is 4.48. The van der Waals surface area contributed by atoms with E-state index in [1.54, 1.807) is 24.4 Å². The van der Waals surface area contributed by atoms with Gasteiger partial charge in [-0.15, -0.1) is 0 Å². The second-order valence-corrected chi connectivity index (χ2v) is 9.89. The van der Waals surface area contributed by atoms with E-state index in [9.17, 15) is 15.2 Å². The molecule has 9 heteroatoms. The van der Waals surface area contributed by atoms with Gasteiger partial charge in [-0.1, -0.05) is 57.9 Å². The smallest absolute Gasteiger partial charge is 0.335 e. The summed E-state index contributed by atoms with van der Waals surface area (Å²) in [5.74, 6) is 5.51. The average molecular weight is 564 g/mol. The van der Waals surface area contributed by atoms with E-state index in [1.165, 1.54) is 24.5 Å². The van der Waals surface area contributed by atoms with Crippen LogP contribution in [0.3, 0.4) is 0 Å². The summed E-state index contributed by atoms with van der Waals surface area (Å²) < 4.78 is 11.4. The van der Waals surface area contributed by atoms with Crippen LogP contribution in [-0.2, 0) is 0 Å². The van der Waals surface area contributed by atoms with Crippen molar-refractivity contribution in [2.75, 3.05) is 0 Å². The van der Waals surface area contributed by atoms with Gasteiger partial charge >= 0.3 is 5.97 Å². The molecule has 38 heavy (non-hydrogen) atoms. The van der Waals surface area contributed by atoms with Gasteiger partial charge in [0.2, 0.25) is 0 Å². The van der Waals surface area contributed by atoms with E-state index in [4.69, 9.17) is 44.1 Å². The molecule has 4 aromatic rings. The largest absolute Gasteiger partial charge is 0.481 e. The lowest BCUT2D eigenvalue weighted by molar-refractivity contribution is 0.0696. The van der Waals surface area contributed by atoms with E-state index < -0.39 is 12.1 Å². The number of hydrogen-bond acceptors (Lipinski definition) is 5. The predicted octanol–water partition coefficient (Wildman–Crippen LogP) is 7.65. The Kier molecular flexibility index (Phi) is 7.31. The van der Waals surface area contributed by atoms with E-state index in [0.29, 0.717) is 49.0 Å². The second-order valence-electron chi connectivity index (χ2n) is 8.70. The number of carbonyl (C=O) groups is 1. The van der Waals surface area contributed by atoms with Gasteiger partial charge in [0, 0.05) is 27.8 Å². The highest BCUT2D eigenvalue weighted by Gasteiger charge is 2.31. The quantitative estimate of drug-likeness (QED) is 0.242. The maximum atomic E-state index is 11.3. The van der Waals surface area contributed by atoms with Crippen LogP contribution in [0.15, 0.2) is 65.5 Å². The Labute approximate surface area is 233 Å². The zero-order chi connectivity index (χ0) is 26.8. The Morgan fingerprint density at radius 1 is 1.05 bits per heavy atom. The molecule has 1 saturated carbocycles. The highest BCUT2D eigenvalue weighted by molar-refractivity contribution is 6.36. The molecule has 1 N–H and O–H groups in total. The number of nitriles is 1. The summed E-state index contributed by atoms with van der Waals surface area (Å²) in [6, 6.07) is 14.9. The Balaban J connectivity index is 1.46. The Hall–Kier alpha value is -3.94. The number of nitrogens with zero attached hydrogens (tertiary/aromatic N) is 2. The minimum atomic E-state index is -1.14. The Morgan fingerprint density at radius 2 is 1.84 bits per heavy atom. The molecule has 0 saturated heterocycles. The van der Waals surface area contributed by atoms with Crippen molar-refractivity contribution in [2.45, 2.75) is 24.9 Å². The molecule has 1 atom stereocenters. The highest BCUT2D eigenvalue weighted by Crippen LogP contribution is 2.48. The first-order valence-corrected chi connectivity index (χ1v) is 12.6. The van der Waals surface area contributed by atoms with Crippen LogP contribution in [0.5, 0.6) is 5.75 Å². The van der Waals surface area contributed by atoms with E-state index in [2.05, 4.69) is 17.0 Å². The molecule has 6 nitrogen and oxygen atoms in total. The van der Waals surface area contributed by atoms with E-state index >= 15 is 0 Å². The molecule has 1 aliphatic rings. The predicted molar refractivity (Wildman–Crippen MR) is 143 cm³/mol. The Morgan fingerprint density at radius 3 is 2.50 bits per heavy atom. The van der Waals surface area contributed by atoms with Crippen LogP contribution >= 0.6 is 34.8 Å². The van der Waals surface area contributed by atoms with Gasteiger partial charge in [0.05, 0.1) is 39.0 Å². The summed E-state index contributed by atoms with van der Waals surface area (Å²) in [6.45, 7) is 0. The van der Waals surface area contributed by atoms with Gasteiger partial charge in [0.25, 0.3) is 0 Å². The number of halogens is 3. The molecule has 0 radical (unpaired) electrons. The summed E-state index contributed by atoms with van der Waals surface area (Å²) in [5.41, 5.74) is 3.34. The maximum Gasteiger partial charge on any atom is 0.335 e. The number of ether oxygens (including phenoxy) is 1. The molecule has 1 fully saturated rings. The molecule has 0 spiro atoms. The monoisotopic (exact) mass is 562 g/mol. The first-order valence-electron chi connectivity index (χ1n) is 11.5. The van der Waals surface area contributed by atoms with Crippen molar-refractivity contribution in [3.05, 3.63) is 115 Å². The topological polar surface area (TPSA) is 96.4 Å². The van der Waals surface area contributed by atoms with Crippen LogP contribution in [0.25, 0.3) is 0 Å². The molecule has 1 heterocycles.